The standard InChI is InChI=1S/C21H20BrN3O/c1-14-7-9-17(10-8-14)24-13-16(11-20(24)26)21-23-18-5-3-4-6-19(18)25(21)12-15(2)22/h3-10,16H,2,11-13H2,1H3/t16-/m0/s1. The first-order valence-electron chi connectivity index (χ1n) is 8.68. The van der Waals surface area contributed by atoms with E-state index in [1.807, 2.05) is 54.3 Å². The van der Waals surface area contributed by atoms with Crippen LogP contribution in [-0.4, -0.2) is 22.0 Å². The van der Waals surface area contributed by atoms with Gasteiger partial charge in [0.05, 0.1) is 17.6 Å². The number of hydrogen-bond acceptors (Lipinski definition) is 2. The summed E-state index contributed by atoms with van der Waals surface area (Å²) in [5.41, 5.74) is 4.17. The SMILES string of the molecule is C=C(Br)Cn1c([C@H]2CC(=O)N(c3ccc(C)cc3)C2)nc2ccccc21. The van der Waals surface area contributed by atoms with Gasteiger partial charge in [-0.15, -0.1) is 0 Å². The quantitative estimate of drug-likeness (QED) is 0.621. The molecule has 1 aliphatic rings. The van der Waals surface area contributed by atoms with E-state index >= 15 is 0 Å². The Hall–Kier alpha value is -2.40. The number of carbonyl (C=O) groups is 1. The van der Waals surface area contributed by atoms with Crippen molar-refractivity contribution < 1.29 is 4.79 Å². The average molecular weight is 410 g/mol. The maximum Gasteiger partial charge on any atom is 0.227 e. The van der Waals surface area contributed by atoms with Crippen LogP contribution in [0.2, 0.25) is 0 Å². The number of hydrogen-bond donors (Lipinski definition) is 0. The second kappa shape index (κ2) is 6.72. The van der Waals surface area contributed by atoms with E-state index in [4.69, 9.17) is 4.98 Å². The van der Waals surface area contributed by atoms with E-state index < -0.39 is 0 Å². The Labute approximate surface area is 161 Å². The normalized spacial score (nSPS) is 17.2. The second-order valence-corrected chi connectivity index (χ2v) is 7.92. The molecule has 1 fully saturated rings. The van der Waals surface area contributed by atoms with Crippen LogP contribution in [0.1, 0.15) is 23.7 Å². The summed E-state index contributed by atoms with van der Waals surface area (Å²) in [5.74, 6) is 1.17. The van der Waals surface area contributed by atoms with E-state index in [1.165, 1.54) is 5.56 Å². The third kappa shape index (κ3) is 3.07. The zero-order chi connectivity index (χ0) is 18.3. The minimum atomic E-state index is 0.0723. The highest BCUT2D eigenvalue weighted by atomic mass is 79.9. The van der Waals surface area contributed by atoms with Gasteiger partial charge in [-0.3, -0.25) is 4.79 Å². The number of imidazole rings is 1. The Kier molecular flexibility index (Phi) is 4.41. The maximum atomic E-state index is 12.7. The summed E-state index contributed by atoms with van der Waals surface area (Å²) in [7, 11) is 0. The molecule has 0 N–H and O–H groups in total. The molecule has 2 aromatic carbocycles. The van der Waals surface area contributed by atoms with Gasteiger partial charge < -0.3 is 9.47 Å². The first-order valence-corrected chi connectivity index (χ1v) is 9.47. The van der Waals surface area contributed by atoms with Gasteiger partial charge in [-0.1, -0.05) is 52.3 Å². The van der Waals surface area contributed by atoms with E-state index in [0.29, 0.717) is 19.5 Å². The van der Waals surface area contributed by atoms with E-state index in [1.54, 1.807) is 0 Å². The van der Waals surface area contributed by atoms with Crippen molar-refractivity contribution in [1.82, 2.24) is 9.55 Å². The van der Waals surface area contributed by atoms with Crippen LogP contribution in [0.5, 0.6) is 0 Å². The minimum Gasteiger partial charge on any atom is -0.323 e. The summed E-state index contributed by atoms with van der Waals surface area (Å²) in [6, 6.07) is 16.2. The number of amides is 1. The van der Waals surface area contributed by atoms with Gasteiger partial charge in [0, 0.05) is 29.1 Å². The number of allylic oxidation sites excluding steroid dienone is 1. The molecule has 0 saturated carbocycles. The molecule has 1 aromatic heterocycles. The van der Waals surface area contributed by atoms with Crippen LogP contribution in [0.15, 0.2) is 59.6 Å². The Morgan fingerprint density at radius 1 is 1.23 bits per heavy atom. The van der Waals surface area contributed by atoms with Crippen molar-refractivity contribution in [1.29, 1.82) is 0 Å². The third-order valence-electron chi connectivity index (χ3n) is 4.85. The predicted octanol–water partition coefficient (Wildman–Crippen LogP) is 4.77. The molecule has 132 valence electrons. The van der Waals surface area contributed by atoms with Crippen LogP contribution >= 0.6 is 15.9 Å². The summed E-state index contributed by atoms with van der Waals surface area (Å²) in [6.07, 6.45) is 0.478. The number of benzene rings is 2. The molecule has 1 saturated heterocycles. The largest absolute Gasteiger partial charge is 0.323 e. The van der Waals surface area contributed by atoms with Gasteiger partial charge in [-0.2, -0.15) is 0 Å². The van der Waals surface area contributed by atoms with Crippen molar-refractivity contribution in [3.8, 4) is 0 Å². The fourth-order valence-electron chi connectivity index (χ4n) is 3.60. The van der Waals surface area contributed by atoms with Crippen LogP contribution < -0.4 is 4.90 Å². The van der Waals surface area contributed by atoms with Crippen LogP contribution in [-0.2, 0) is 11.3 Å². The molecule has 1 amide bonds. The predicted molar refractivity (Wildman–Crippen MR) is 109 cm³/mol. The topological polar surface area (TPSA) is 38.1 Å². The van der Waals surface area contributed by atoms with Crippen molar-refractivity contribution in [2.45, 2.75) is 25.8 Å². The molecule has 0 bridgehead atoms. The highest BCUT2D eigenvalue weighted by molar-refractivity contribution is 9.11. The van der Waals surface area contributed by atoms with Gasteiger partial charge in [0.1, 0.15) is 5.82 Å². The number of nitrogens with zero attached hydrogens (tertiary/aromatic N) is 3. The summed E-state index contributed by atoms with van der Waals surface area (Å²) < 4.78 is 3.06. The molecule has 4 nitrogen and oxygen atoms in total. The van der Waals surface area contributed by atoms with Crippen LogP contribution in [0.3, 0.4) is 0 Å². The first kappa shape index (κ1) is 17.0. The van der Waals surface area contributed by atoms with Crippen molar-refractivity contribution in [2.24, 2.45) is 0 Å². The number of rotatable bonds is 4. The van der Waals surface area contributed by atoms with Crippen LogP contribution in [0, 0.1) is 6.92 Å². The molecule has 0 aliphatic carbocycles. The van der Waals surface area contributed by atoms with E-state index in [2.05, 4.69) is 33.1 Å². The summed E-state index contributed by atoms with van der Waals surface area (Å²) in [6.45, 7) is 7.33. The van der Waals surface area contributed by atoms with Crippen molar-refractivity contribution >= 4 is 38.6 Å². The Morgan fingerprint density at radius 3 is 2.69 bits per heavy atom. The zero-order valence-electron chi connectivity index (χ0n) is 14.7. The molecule has 5 heteroatoms. The first-order chi connectivity index (χ1) is 12.5. The molecule has 0 radical (unpaired) electrons. The second-order valence-electron chi connectivity index (χ2n) is 6.80. The van der Waals surface area contributed by atoms with Gasteiger partial charge in [0.2, 0.25) is 5.91 Å². The molecule has 0 unspecified atom stereocenters. The third-order valence-corrected chi connectivity index (χ3v) is 5.10. The highest BCUT2D eigenvalue weighted by Gasteiger charge is 2.34. The molecule has 26 heavy (non-hydrogen) atoms. The number of para-hydroxylation sites is 2. The maximum absolute atomic E-state index is 12.7. The molecule has 1 atom stereocenters. The van der Waals surface area contributed by atoms with Gasteiger partial charge in [0.15, 0.2) is 0 Å². The Morgan fingerprint density at radius 2 is 1.96 bits per heavy atom. The number of aromatic nitrogens is 2. The number of halogens is 1. The van der Waals surface area contributed by atoms with Gasteiger partial charge in [0.25, 0.3) is 0 Å². The lowest BCUT2D eigenvalue weighted by Gasteiger charge is -2.17. The molecular formula is C21H20BrN3O. The monoisotopic (exact) mass is 409 g/mol. The highest BCUT2D eigenvalue weighted by Crippen LogP contribution is 2.33. The lowest BCUT2D eigenvalue weighted by atomic mass is 10.1. The molecule has 1 aliphatic heterocycles. The molecule has 0 spiro atoms. The smallest absolute Gasteiger partial charge is 0.227 e. The van der Waals surface area contributed by atoms with Gasteiger partial charge >= 0.3 is 0 Å². The van der Waals surface area contributed by atoms with E-state index in [0.717, 1.165) is 27.0 Å². The van der Waals surface area contributed by atoms with E-state index in [9.17, 15) is 4.79 Å². The fourth-order valence-corrected chi connectivity index (χ4v) is 3.85. The lowest BCUT2D eigenvalue weighted by molar-refractivity contribution is -0.117. The number of aryl methyl sites for hydroxylation is 1. The average Bonchev–Trinajstić information content (AvgIpc) is 3.16. The fraction of sp³-hybridized carbons (Fsp3) is 0.238. The van der Waals surface area contributed by atoms with Crippen LogP contribution in [0.4, 0.5) is 5.69 Å². The van der Waals surface area contributed by atoms with Gasteiger partial charge in [-0.25, -0.2) is 4.98 Å². The molecular weight excluding hydrogens is 390 g/mol. The minimum absolute atomic E-state index is 0.0723. The molecule has 4 rings (SSSR count). The molecule has 2 heterocycles. The lowest BCUT2D eigenvalue weighted by Crippen LogP contribution is -2.24. The zero-order valence-corrected chi connectivity index (χ0v) is 16.2. The number of fused-ring (bicyclic) bond motifs is 1. The summed E-state index contributed by atoms with van der Waals surface area (Å²) >= 11 is 3.47. The summed E-state index contributed by atoms with van der Waals surface area (Å²) in [4.78, 5) is 19.4. The Bertz CT molecular complexity index is 990. The number of anilines is 1. The van der Waals surface area contributed by atoms with Crippen molar-refractivity contribution in [3.05, 3.63) is 71.0 Å². The number of carbonyl (C=O) groups excluding carboxylic acids is 1. The van der Waals surface area contributed by atoms with Crippen LogP contribution in [0.25, 0.3) is 11.0 Å². The van der Waals surface area contributed by atoms with Crippen molar-refractivity contribution in [2.75, 3.05) is 11.4 Å². The Balaban J connectivity index is 1.71. The van der Waals surface area contributed by atoms with Gasteiger partial charge in [-0.05, 0) is 31.2 Å². The summed E-state index contributed by atoms with van der Waals surface area (Å²) in [5, 5.41) is 0. The van der Waals surface area contributed by atoms with Crippen molar-refractivity contribution in [3.63, 3.8) is 0 Å². The molecule has 3 aromatic rings. The van der Waals surface area contributed by atoms with E-state index in [-0.39, 0.29) is 11.8 Å².